The minimum atomic E-state index is -2.67. The Balaban J connectivity index is 1.14. The first-order valence-electron chi connectivity index (χ1n) is 16.8. The van der Waals surface area contributed by atoms with Crippen LogP contribution in [-0.2, 0) is 19.5 Å². The zero-order valence-electron chi connectivity index (χ0n) is 28.8. The number of ketones is 1. The van der Waals surface area contributed by atoms with Crippen LogP contribution < -0.4 is 5.32 Å². The fourth-order valence-electron chi connectivity index (χ4n) is 6.82. The lowest BCUT2D eigenvalue weighted by molar-refractivity contribution is 0.0108. The first-order valence-corrected chi connectivity index (χ1v) is 16.8. The molecule has 2 aromatic heterocycles. The molecule has 1 amide bonds. The molecule has 2 aromatic carbocycles. The molecule has 2 fully saturated rings. The van der Waals surface area contributed by atoms with Crippen molar-refractivity contribution in [1.29, 1.82) is 0 Å². The van der Waals surface area contributed by atoms with Crippen LogP contribution in [0.5, 0.6) is 0 Å². The highest BCUT2D eigenvalue weighted by atomic mass is 19.3. The Morgan fingerprint density at radius 1 is 0.720 bits per heavy atom. The van der Waals surface area contributed by atoms with Gasteiger partial charge in [0.2, 0.25) is 0 Å². The number of anilines is 1. The van der Waals surface area contributed by atoms with Crippen LogP contribution in [0, 0.1) is 27.7 Å². The third-order valence-corrected chi connectivity index (χ3v) is 9.91. The maximum atomic E-state index is 13.7. The smallest absolute Gasteiger partial charge is 0.274 e. The molecule has 4 heterocycles. The van der Waals surface area contributed by atoms with Crippen LogP contribution in [0.4, 0.5) is 23.2 Å². The van der Waals surface area contributed by atoms with Crippen LogP contribution in [0.2, 0.25) is 0 Å². The molecular weight excluding hydrogens is 646 g/mol. The Morgan fingerprint density at radius 3 is 1.78 bits per heavy atom. The van der Waals surface area contributed by atoms with Gasteiger partial charge in [-0.25, -0.2) is 17.6 Å². The zero-order chi connectivity index (χ0) is 35.8. The summed E-state index contributed by atoms with van der Waals surface area (Å²) in [6.45, 7) is 8.44. The molecule has 0 atom stereocenters. The SMILES string of the molecule is Cc1cc(C(=O)Cc2cccc(-c3cccc(NC(=O)c4cc(C)c(CN5CCC(F)(F)C5)cn4)c3C)c2C)ncc1CN1CCC(F)(F)C1. The number of carbonyl (C=O) groups excluding carboxylic acids is 2. The number of hydrogen-bond acceptors (Lipinski definition) is 6. The van der Waals surface area contributed by atoms with Crippen molar-refractivity contribution in [3.63, 3.8) is 0 Å². The summed E-state index contributed by atoms with van der Waals surface area (Å²) in [4.78, 5) is 38.8. The van der Waals surface area contributed by atoms with Gasteiger partial charge in [0.15, 0.2) is 5.78 Å². The molecule has 0 bridgehead atoms. The molecule has 0 spiro atoms. The van der Waals surface area contributed by atoms with Crippen LogP contribution in [0.3, 0.4) is 0 Å². The number of halogens is 4. The highest BCUT2D eigenvalue weighted by Crippen LogP contribution is 2.33. The molecule has 2 aliphatic rings. The van der Waals surface area contributed by atoms with E-state index in [-0.39, 0.29) is 49.7 Å². The summed E-state index contributed by atoms with van der Waals surface area (Å²) in [6.07, 6.45) is 3.05. The van der Waals surface area contributed by atoms with Gasteiger partial charge in [0.05, 0.1) is 13.1 Å². The van der Waals surface area contributed by atoms with Gasteiger partial charge in [-0.2, -0.15) is 0 Å². The Morgan fingerprint density at radius 2 is 1.24 bits per heavy atom. The number of hydrogen-bond donors (Lipinski definition) is 1. The average molecular weight is 688 g/mol. The topological polar surface area (TPSA) is 78.4 Å². The number of carbonyl (C=O) groups is 2. The van der Waals surface area contributed by atoms with Crippen LogP contribution >= 0.6 is 0 Å². The van der Waals surface area contributed by atoms with Crippen molar-refractivity contribution in [3.05, 3.63) is 111 Å². The molecule has 0 aliphatic carbocycles. The molecule has 0 radical (unpaired) electrons. The lowest BCUT2D eigenvalue weighted by Gasteiger charge is -2.18. The Kier molecular flexibility index (Phi) is 9.92. The third-order valence-electron chi connectivity index (χ3n) is 9.91. The normalized spacial score (nSPS) is 17.3. The summed E-state index contributed by atoms with van der Waals surface area (Å²) >= 11 is 0. The summed E-state index contributed by atoms with van der Waals surface area (Å²) < 4.78 is 54.6. The monoisotopic (exact) mass is 687 g/mol. The van der Waals surface area contributed by atoms with Gasteiger partial charge in [0, 0.05) is 63.5 Å². The lowest BCUT2D eigenvalue weighted by atomic mass is 9.91. The number of Topliss-reactive ketones (excluding diaryl/α,β-unsaturated/α-hetero) is 1. The van der Waals surface area contributed by atoms with Gasteiger partial charge in [-0.1, -0.05) is 30.3 Å². The maximum absolute atomic E-state index is 13.7. The van der Waals surface area contributed by atoms with Gasteiger partial charge in [-0.05, 0) is 96.0 Å². The average Bonchev–Trinajstić information content (AvgIpc) is 3.59. The van der Waals surface area contributed by atoms with Crippen LogP contribution in [0.15, 0.2) is 60.9 Å². The number of likely N-dealkylation sites (tertiary alicyclic amines) is 2. The van der Waals surface area contributed by atoms with E-state index in [2.05, 4.69) is 15.3 Å². The van der Waals surface area contributed by atoms with Crippen molar-refractivity contribution in [2.45, 2.75) is 71.9 Å². The van der Waals surface area contributed by atoms with Crippen LogP contribution in [0.1, 0.15) is 72.8 Å². The number of amides is 1. The molecule has 0 unspecified atom stereocenters. The standard InChI is InChI=1S/C39H41F4N5O2/c1-24-15-34(44-18-29(24)20-47-13-11-38(40,41)22-47)36(49)17-28-7-5-8-31(26(28)3)32-9-6-10-33(27(32)4)46-37(50)35-16-25(2)30(19-45-35)21-48-14-12-39(42,43)23-48/h5-10,15-16,18-19H,11-14,17,20-23H2,1-4H3,(H,46,50). The number of nitrogens with one attached hydrogen (secondary N) is 1. The Labute approximate surface area is 289 Å². The van der Waals surface area contributed by atoms with Crippen molar-refractivity contribution >= 4 is 17.4 Å². The number of alkyl halides is 4. The van der Waals surface area contributed by atoms with Gasteiger partial charge in [0.1, 0.15) is 11.4 Å². The first kappa shape index (κ1) is 35.3. The quantitative estimate of drug-likeness (QED) is 0.136. The molecule has 7 nitrogen and oxygen atoms in total. The molecule has 262 valence electrons. The predicted molar refractivity (Wildman–Crippen MR) is 185 cm³/mol. The van der Waals surface area contributed by atoms with Gasteiger partial charge in [0.25, 0.3) is 17.8 Å². The Hall–Kier alpha value is -4.48. The molecule has 2 saturated heterocycles. The number of pyridine rings is 2. The molecule has 0 saturated carbocycles. The molecule has 6 rings (SSSR count). The van der Waals surface area contributed by atoms with Crippen molar-refractivity contribution < 1.29 is 27.2 Å². The third kappa shape index (κ3) is 7.94. The van der Waals surface area contributed by atoms with E-state index < -0.39 is 11.8 Å². The van der Waals surface area contributed by atoms with Crippen molar-refractivity contribution in [3.8, 4) is 11.1 Å². The largest absolute Gasteiger partial charge is 0.320 e. The summed E-state index contributed by atoms with van der Waals surface area (Å²) in [7, 11) is 0. The minimum Gasteiger partial charge on any atom is -0.320 e. The molecular formula is C39H41F4N5O2. The van der Waals surface area contributed by atoms with Gasteiger partial charge >= 0.3 is 0 Å². The second kappa shape index (κ2) is 14.0. The van der Waals surface area contributed by atoms with Crippen molar-refractivity contribution in [2.24, 2.45) is 0 Å². The lowest BCUT2D eigenvalue weighted by Crippen LogP contribution is -2.25. The summed E-state index contributed by atoms with van der Waals surface area (Å²) in [6, 6.07) is 14.9. The van der Waals surface area contributed by atoms with E-state index in [1.54, 1.807) is 34.3 Å². The highest BCUT2D eigenvalue weighted by molar-refractivity contribution is 6.04. The maximum Gasteiger partial charge on any atom is 0.274 e. The number of nitrogens with zero attached hydrogens (tertiary/aromatic N) is 4. The second-order valence-electron chi connectivity index (χ2n) is 13.7. The van der Waals surface area contributed by atoms with E-state index in [4.69, 9.17) is 0 Å². The van der Waals surface area contributed by atoms with E-state index in [0.29, 0.717) is 37.6 Å². The highest BCUT2D eigenvalue weighted by Gasteiger charge is 2.39. The molecule has 2 aliphatic heterocycles. The number of aryl methyl sites for hydroxylation is 2. The van der Waals surface area contributed by atoms with Crippen molar-refractivity contribution in [2.75, 3.05) is 31.5 Å². The van der Waals surface area contributed by atoms with Gasteiger partial charge < -0.3 is 5.32 Å². The minimum absolute atomic E-state index is 0.139. The fraction of sp³-hybridized carbons (Fsp3) is 0.385. The molecule has 1 N–H and O–H groups in total. The predicted octanol–water partition coefficient (Wildman–Crippen LogP) is 7.74. The molecule has 50 heavy (non-hydrogen) atoms. The van der Waals surface area contributed by atoms with Crippen molar-refractivity contribution in [1.82, 2.24) is 19.8 Å². The van der Waals surface area contributed by atoms with E-state index in [1.165, 1.54) is 0 Å². The summed E-state index contributed by atoms with van der Waals surface area (Å²) in [5.41, 5.74) is 8.93. The summed E-state index contributed by atoms with van der Waals surface area (Å²) in [5.74, 6) is -5.85. The first-order chi connectivity index (χ1) is 23.7. The fourth-order valence-corrected chi connectivity index (χ4v) is 6.82. The van der Waals surface area contributed by atoms with Crippen LogP contribution in [0.25, 0.3) is 11.1 Å². The number of benzene rings is 2. The van der Waals surface area contributed by atoms with E-state index in [1.807, 2.05) is 64.1 Å². The molecule has 4 aromatic rings. The van der Waals surface area contributed by atoms with E-state index in [9.17, 15) is 27.2 Å². The Bertz CT molecular complexity index is 1810. The second-order valence-corrected chi connectivity index (χ2v) is 13.7. The number of rotatable bonds is 10. The molecule has 11 heteroatoms. The zero-order valence-corrected chi connectivity index (χ0v) is 28.8. The van der Waals surface area contributed by atoms with Crippen LogP contribution in [-0.4, -0.2) is 69.5 Å². The van der Waals surface area contributed by atoms with Gasteiger partial charge in [-0.3, -0.25) is 29.4 Å². The summed E-state index contributed by atoms with van der Waals surface area (Å²) in [5, 5.41) is 2.98. The van der Waals surface area contributed by atoms with E-state index >= 15 is 0 Å². The van der Waals surface area contributed by atoms with Gasteiger partial charge in [-0.15, -0.1) is 0 Å². The number of aromatic nitrogens is 2. The van der Waals surface area contributed by atoms with E-state index in [0.717, 1.165) is 50.1 Å².